The lowest BCUT2D eigenvalue weighted by Crippen LogP contribution is -2.26. The van der Waals surface area contributed by atoms with Crippen LogP contribution in [-0.2, 0) is 0 Å². The van der Waals surface area contributed by atoms with Gasteiger partial charge in [0.15, 0.2) is 5.82 Å². The minimum atomic E-state index is -0.314. The number of aromatic nitrogens is 2. The summed E-state index contributed by atoms with van der Waals surface area (Å²) in [5.41, 5.74) is 8.72. The molecule has 0 aliphatic carbocycles. The van der Waals surface area contributed by atoms with Gasteiger partial charge in [-0.15, -0.1) is 0 Å². The Kier molecular flexibility index (Phi) is 6.30. The smallest absolute Gasteiger partial charge is 0.159 e. The topological polar surface area (TPSA) is 75.9 Å². The number of nitrogens with zero attached hydrogens (tertiary/aromatic N) is 2. The second kappa shape index (κ2) is 8.97. The first kappa shape index (κ1) is 21.8. The molecule has 1 aliphatic heterocycles. The first-order valence-electron chi connectivity index (χ1n) is 10.4. The van der Waals surface area contributed by atoms with Gasteiger partial charge in [-0.1, -0.05) is 38.2 Å². The third kappa shape index (κ3) is 4.32. The minimum Gasteiger partial charge on any atom is -0.398 e. The molecule has 1 aromatic heterocycles. The van der Waals surface area contributed by atoms with Gasteiger partial charge in [-0.3, -0.25) is 0 Å². The van der Waals surface area contributed by atoms with Crippen LogP contribution in [0, 0.1) is 32.6 Å². The van der Waals surface area contributed by atoms with E-state index in [0.717, 1.165) is 36.9 Å². The second-order valence-corrected chi connectivity index (χ2v) is 9.26. The van der Waals surface area contributed by atoms with Crippen LogP contribution in [0.15, 0.2) is 36.7 Å². The number of hydrogen-bond donors (Lipinski definition) is 3. The highest BCUT2D eigenvalue weighted by molar-refractivity contribution is 14.1. The van der Waals surface area contributed by atoms with Crippen molar-refractivity contribution in [3.05, 3.63) is 51.6 Å². The lowest BCUT2D eigenvalue weighted by molar-refractivity contribution is 0.313. The Morgan fingerprint density at radius 1 is 1.35 bits per heavy atom. The molecule has 5 nitrogen and oxygen atoms in total. The number of hydrogen-bond acceptors (Lipinski definition) is 5. The van der Waals surface area contributed by atoms with Crippen molar-refractivity contribution >= 4 is 50.7 Å². The molecule has 0 unspecified atom stereocenters. The van der Waals surface area contributed by atoms with Crippen LogP contribution < -0.4 is 16.4 Å². The molecule has 2 heterocycles. The van der Waals surface area contributed by atoms with Crippen molar-refractivity contribution < 1.29 is 4.39 Å². The first-order chi connectivity index (χ1) is 14.9. The fourth-order valence-electron chi connectivity index (χ4n) is 4.14. The predicted octanol–water partition coefficient (Wildman–Crippen LogP) is 5.08. The largest absolute Gasteiger partial charge is 0.398 e. The fourth-order valence-corrected chi connectivity index (χ4v) is 4.64. The summed E-state index contributed by atoms with van der Waals surface area (Å²) in [5, 5.41) is 7.28. The Morgan fingerprint density at radius 2 is 2.19 bits per heavy atom. The average Bonchev–Trinajstić information content (AvgIpc) is 3.11. The van der Waals surface area contributed by atoms with Gasteiger partial charge in [0, 0.05) is 28.6 Å². The molecule has 0 spiro atoms. The van der Waals surface area contributed by atoms with Gasteiger partial charge in [0.05, 0.1) is 14.8 Å². The number of nitrogen functional groups attached to an aromatic ring is 1. The standard InChI is InChI=1S/C24H25FIN5/c1-3-8-24(13-28-12-15(24)2)9-7-16-10-21-17(11-19(16)27)23(30-14-29-21)31-20-6-4-5-18(26)22(20)25/h4-6,10-11,14-15,28H,3,8,12-13,27H2,1-2H3,(H,29,30,31)/t15-,24+/m0/s1. The highest BCUT2D eigenvalue weighted by atomic mass is 127. The molecule has 4 rings (SSSR count). The lowest BCUT2D eigenvalue weighted by Gasteiger charge is -2.26. The summed E-state index contributed by atoms with van der Waals surface area (Å²) in [6.07, 6.45) is 3.61. The van der Waals surface area contributed by atoms with Crippen LogP contribution in [0.3, 0.4) is 0 Å². The summed E-state index contributed by atoms with van der Waals surface area (Å²) in [7, 11) is 0. The molecular formula is C24H25FIN5. The Labute approximate surface area is 195 Å². The zero-order valence-corrected chi connectivity index (χ0v) is 19.8. The monoisotopic (exact) mass is 529 g/mol. The zero-order valence-electron chi connectivity index (χ0n) is 17.6. The van der Waals surface area contributed by atoms with E-state index in [1.807, 2.05) is 34.7 Å². The zero-order chi connectivity index (χ0) is 22.0. The molecule has 0 radical (unpaired) electrons. The van der Waals surface area contributed by atoms with E-state index >= 15 is 0 Å². The summed E-state index contributed by atoms with van der Waals surface area (Å²) in [6, 6.07) is 8.90. The molecule has 2 aromatic carbocycles. The molecule has 4 N–H and O–H groups in total. The fraction of sp³-hybridized carbons (Fsp3) is 0.333. The van der Waals surface area contributed by atoms with E-state index in [4.69, 9.17) is 5.73 Å². The second-order valence-electron chi connectivity index (χ2n) is 8.09. The molecule has 31 heavy (non-hydrogen) atoms. The van der Waals surface area contributed by atoms with E-state index in [9.17, 15) is 4.39 Å². The third-order valence-corrected chi connectivity index (χ3v) is 6.82. The van der Waals surface area contributed by atoms with Crippen LogP contribution in [0.25, 0.3) is 10.9 Å². The number of fused-ring (bicyclic) bond motifs is 1. The number of halogens is 2. The average molecular weight is 529 g/mol. The van der Waals surface area contributed by atoms with E-state index < -0.39 is 0 Å². The number of benzene rings is 2. The van der Waals surface area contributed by atoms with E-state index in [0.29, 0.717) is 32.2 Å². The molecular weight excluding hydrogens is 504 g/mol. The van der Waals surface area contributed by atoms with Gasteiger partial charge in [-0.25, -0.2) is 14.4 Å². The van der Waals surface area contributed by atoms with Gasteiger partial charge in [-0.2, -0.15) is 0 Å². The number of anilines is 3. The molecule has 0 bridgehead atoms. The number of rotatable bonds is 4. The van der Waals surface area contributed by atoms with Crippen molar-refractivity contribution in [2.24, 2.45) is 11.3 Å². The van der Waals surface area contributed by atoms with Crippen LogP contribution in [0.1, 0.15) is 32.3 Å². The molecule has 2 atom stereocenters. The normalized spacial score (nSPS) is 20.5. The maximum atomic E-state index is 14.4. The van der Waals surface area contributed by atoms with Crippen LogP contribution in [-0.4, -0.2) is 23.1 Å². The molecule has 0 amide bonds. The maximum absolute atomic E-state index is 14.4. The van der Waals surface area contributed by atoms with Crippen molar-refractivity contribution in [3.63, 3.8) is 0 Å². The summed E-state index contributed by atoms with van der Waals surface area (Å²) in [4.78, 5) is 8.70. The summed E-state index contributed by atoms with van der Waals surface area (Å²) in [6.45, 7) is 6.34. The van der Waals surface area contributed by atoms with Crippen molar-refractivity contribution in [1.82, 2.24) is 15.3 Å². The predicted molar refractivity (Wildman–Crippen MR) is 133 cm³/mol. The van der Waals surface area contributed by atoms with Crippen LogP contribution in [0.4, 0.5) is 21.6 Å². The number of nitrogens with one attached hydrogen (secondary N) is 2. The van der Waals surface area contributed by atoms with E-state index in [2.05, 4.69) is 46.3 Å². The van der Waals surface area contributed by atoms with Crippen LogP contribution >= 0.6 is 22.6 Å². The summed E-state index contributed by atoms with van der Waals surface area (Å²) < 4.78 is 15.0. The van der Waals surface area contributed by atoms with Crippen molar-refractivity contribution in [1.29, 1.82) is 0 Å². The van der Waals surface area contributed by atoms with Gasteiger partial charge in [0.25, 0.3) is 0 Å². The minimum absolute atomic E-state index is 0.0312. The molecule has 160 valence electrons. The maximum Gasteiger partial charge on any atom is 0.159 e. The van der Waals surface area contributed by atoms with E-state index in [-0.39, 0.29) is 11.2 Å². The molecule has 0 saturated carbocycles. The first-order valence-corrected chi connectivity index (χ1v) is 11.5. The van der Waals surface area contributed by atoms with E-state index in [1.165, 1.54) is 6.33 Å². The summed E-state index contributed by atoms with van der Waals surface area (Å²) in [5.74, 6) is 7.55. The molecule has 1 saturated heterocycles. The summed E-state index contributed by atoms with van der Waals surface area (Å²) >= 11 is 1.97. The van der Waals surface area contributed by atoms with Crippen LogP contribution in [0.5, 0.6) is 0 Å². The van der Waals surface area contributed by atoms with Gasteiger partial charge in [0.2, 0.25) is 0 Å². The molecule has 1 aliphatic rings. The molecule has 7 heteroatoms. The lowest BCUT2D eigenvalue weighted by atomic mass is 9.76. The van der Waals surface area contributed by atoms with Gasteiger partial charge in [-0.05, 0) is 65.7 Å². The Bertz CT molecular complexity index is 1190. The Morgan fingerprint density at radius 3 is 2.94 bits per heavy atom. The van der Waals surface area contributed by atoms with Crippen molar-refractivity contribution in [2.75, 3.05) is 24.1 Å². The third-order valence-electron chi connectivity index (χ3n) is 5.99. The number of nitrogens with two attached hydrogens (primary N) is 1. The highest BCUT2D eigenvalue weighted by Gasteiger charge is 2.37. The molecule has 3 aromatic rings. The van der Waals surface area contributed by atoms with E-state index in [1.54, 1.807) is 18.2 Å². The van der Waals surface area contributed by atoms with Gasteiger partial charge >= 0.3 is 0 Å². The molecule has 1 fully saturated rings. The van der Waals surface area contributed by atoms with Crippen molar-refractivity contribution in [2.45, 2.75) is 26.7 Å². The van der Waals surface area contributed by atoms with Gasteiger partial charge < -0.3 is 16.4 Å². The SMILES string of the molecule is CCC[C@@]1(C#Cc2cc3ncnc(Nc4cccc(I)c4F)c3cc2N)CNC[C@@H]1C. The Balaban J connectivity index is 1.72. The highest BCUT2D eigenvalue weighted by Crippen LogP contribution is 2.36. The Hall–Kier alpha value is -2.44. The van der Waals surface area contributed by atoms with Crippen molar-refractivity contribution in [3.8, 4) is 11.8 Å². The van der Waals surface area contributed by atoms with Gasteiger partial charge in [0.1, 0.15) is 12.1 Å². The van der Waals surface area contributed by atoms with Crippen LogP contribution in [0.2, 0.25) is 0 Å². The quantitative estimate of drug-likeness (QED) is 0.250.